The van der Waals surface area contributed by atoms with Crippen molar-refractivity contribution in [2.75, 3.05) is 0 Å². The van der Waals surface area contributed by atoms with Crippen LogP contribution in [0.1, 0.15) is 115 Å². The fraction of sp³-hybridized carbons (Fsp3) is 0.255. The molecule has 6 aromatic rings. The Balaban J connectivity index is 1.59. The van der Waals surface area contributed by atoms with Crippen molar-refractivity contribution in [1.82, 2.24) is 0 Å². The Hall–Kier alpha value is -4.45. The maximum absolute atomic E-state index is 3.15. The Morgan fingerprint density at radius 1 is 0.554 bits per heavy atom. The minimum absolute atomic E-state index is 0.0125. The average Bonchev–Trinajstić information content (AvgIpc) is 3.84. The van der Waals surface area contributed by atoms with Crippen LogP contribution in [0, 0.1) is 13.8 Å². The second-order valence-electron chi connectivity index (χ2n) is 18.1. The van der Waals surface area contributed by atoms with Crippen molar-refractivity contribution >= 4 is 6.48 Å². The molecule has 0 spiro atoms. The molecule has 0 saturated heterocycles. The van der Waals surface area contributed by atoms with Gasteiger partial charge in [-0.25, -0.2) is 0 Å². The van der Waals surface area contributed by atoms with Gasteiger partial charge in [0, 0.05) is 0 Å². The molecule has 2 aliphatic rings. The molecule has 0 unspecified atom stereocenters. The van der Waals surface area contributed by atoms with Crippen molar-refractivity contribution in [3.8, 4) is 11.1 Å². The predicted octanol–water partition coefficient (Wildman–Crippen LogP) is 13.4. The summed E-state index contributed by atoms with van der Waals surface area (Å²) < 4.78 is 5.10. The van der Waals surface area contributed by atoms with E-state index in [1.165, 1.54) is 61.2 Å². The maximum atomic E-state index is 2.61. The van der Waals surface area contributed by atoms with Crippen molar-refractivity contribution in [1.29, 1.82) is 0 Å². The fourth-order valence-corrected chi connectivity index (χ4v) is 19.3. The fourth-order valence-electron chi connectivity index (χ4n) is 9.80. The Morgan fingerprint density at radius 2 is 1.00 bits per heavy atom. The van der Waals surface area contributed by atoms with Crippen LogP contribution in [0.15, 0.2) is 161 Å². The molecule has 6 aromatic carbocycles. The van der Waals surface area contributed by atoms with E-state index in [4.69, 9.17) is 0 Å². The van der Waals surface area contributed by atoms with E-state index in [1.807, 2.05) is 0 Å². The van der Waals surface area contributed by atoms with Crippen LogP contribution in [-0.4, -0.2) is 3.21 Å². The van der Waals surface area contributed by atoms with Gasteiger partial charge < -0.3 is 0 Å². The quantitative estimate of drug-likeness (QED) is 0.143. The first kappa shape index (κ1) is 38.4. The molecule has 0 N–H and O–H groups in total. The van der Waals surface area contributed by atoms with E-state index >= 15 is 0 Å². The van der Waals surface area contributed by atoms with Crippen molar-refractivity contribution in [3.63, 3.8) is 0 Å². The Labute approximate surface area is 344 Å². The van der Waals surface area contributed by atoms with Gasteiger partial charge in [0.2, 0.25) is 0 Å². The predicted molar refractivity (Wildman–Crippen MR) is 237 cm³/mol. The molecular formula is C55H56Zr. The number of benzene rings is 6. The standard InChI is InChI=1S/C27H22.C23H29.C5H5.Zr/c1-5-13-22(14-6-1)26(23-15-7-2-8-16-23)21-27(24-17-9-3-10-18-24)25-19-11-4-12-20-25;1-14-9-16-11-17-10-15(2)21(23(6,7)8)13-19(17)18(16)12-20(14)22(3,4)5;1-2-4-5-3-1;/h1-20,26-27H;9,12-13H,11H2,1-8H3;1-3H,4H2;. The van der Waals surface area contributed by atoms with Crippen LogP contribution in [0.5, 0.6) is 0 Å². The van der Waals surface area contributed by atoms with E-state index in [0.29, 0.717) is 0 Å². The summed E-state index contributed by atoms with van der Waals surface area (Å²) in [5.41, 5.74) is 17.5. The van der Waals surface area contributed by atoms with E-state index in [9.17, 15) is 0 Å². The van der Waals surface area contributed by atoms with Gasteiger partial charge >= 0.3 is 346 Å². The van der Waals surface area contributed by atoms with E-state index < -0.39 is 21.3 Å². The molecule has 280 valence electrons. The van der Waals surface area contributed by atoms with Gasteiger partial charge in [0.05, 0.1) is 0 Å². The summed E-state index contributed by atoms with van der Waals surface area (Å²) >= 11 is -3.15. The number of allylic oxidation sites excluding steroid dienone is 4. The second-order valence-corrected chi connectivity index (χ2v) is 24.2. The Bertz CT molecular complexity index is 2300. The summed E-state index contributed by atoms with van der Waals surface area (Å²) in [6, 6.07) is 53.5. The first-order valence-corrected chi connectivity index (χ1v) is 24.2. The van der Waals surface area contributed by atoms with Crippen LogP contribution in [0.2, 0.25) is 0 Å². The van der Waals surface area contributed by atoms with Gasteiger partial charge in [0.1, 0.15) is 0 Å². The number of fused-ring (bicyclic) bond motifs is 3. The third kappa shape index (κ3) is 7.29. The topological polar surface area (TPSA) is 0 Å². The van der Waals surface area contributed by atoms with Gasteiger partial charge in [0.25, 0.3) is 0 Å². The molecule has 0 heterocycles. The first-order chi connectivity index (χ1) is 26.9. The normalized spacial score (nSPS) is 13.6. The molecule has 0 nitrogen and oxygen atoms in total. The summed E-state index contributed by atoms with van der Waals surface area (Å²) in [6.07, 6.45) is 9.33. The number of rotatable bonds is 8. The van der Waals surface area contributed by atoms with E-state index in [1.54, 1.807) is 15.3 Å². The zero-order chi connectivity index (χ0) is 39.2. The molecule has 0 bridgehead atoms. The van der Waals surface area contributed by atoms with Gasteiger partial charge in [-0.3, -0.25) is 0 Å². The molecule has 0 fully saturated rings. The molecule has 0 saturated carbocycles. The molecule has 0 aromatic heterocycles. The van der Waals surface area contributed by atoms with Crippen molar-refractivity contribution in [3.05, 3.63) is 217 Å². The van der Waals surface area contributed by atoms with Crippen LogP contribution in [-0.2, 0) is 38.5 Å². The molecule has 2 aliphatic carbocycles. The zero-order valence-electron chi connectivity index (χ0n) is 34.6. The molecule has 8 rings (SSSR count). The van der Waals surface area contributed by atoms with Crippen molar-refractivity contribution < 1.29 is 21.3 Å². The van der Waals surface area contributed by atoms with Crippen molar-refractivity contribution in [2.45, 2.75) is 90.9 Å². The number of hydrogen-bond donors (Lipinski definition) is 0. The van der Waals surface area contributed by atoms with Crippen molar-refractivity contribution in [2.24, 2.45) is 0 Å². The summed E-state index contributed by atoms with van der Waals surface area (Å²) in [5, 5.41) is 0. The third-order valence-corrected chi connectivity index (χ3v) is 20.4. The van der Waals surface area contributed by atoms with Gasteiger partial charge in [-0.05, 0) is 0 Å². The summed E-state index contributed by atoms with van der Waals surface area (Å²) in [5.74, 6) is 0.233. The molecule has 0 aliphatic heterocycles. The second kappa shape index (κ2) is 15.5. The first-order valence-electron chi connectivity index (χ1n) is 20.5. The number of hydrogen-bond acceptors (Lipinski definition) is 0. The zero-order valence-corrected chi connectivity index (χ0v) is 37.0. The van der Waals surface area contributed by atoms with Crippen LogP contribution in [0.4, 0.5) is 0 Å². The van der Waals surface area contributed by atoms with E-state index in [2.05, 4.69) is 213 Å². The monoisotopic (exact) mass is 806 g/mol. The molecule has 0 atom stereocenters. The van der Waals surface area contributed by atoms with Crippen LogP contribution in [0.3, 0.4) is 0 Å². The van der Waals surface area contributed by atoms with Crippen LogP contribution in [0.25, 0.3) is 11.1 Å². The molecule has 56 heavy (non-hydrogen) atoms. The molecule has 1 heteroatoms. The minimum atomic E-state index is -3.15. The van der Waals surface area contributed by atoms with E-state index in [0.717, 1.165) is 12.8 Å². The van der Waals surface area contributed by atoms with Gasteiger partial charge in [-0.15, -0.1) is 0 Å². The summed E-state index contributed by atoms with van der Waals surface area (Å²) in [7, 11) is 0. The SMILES string of the molecule is Cc1cc2c(cc1C(C)(C)C)-c1cc(C(C)(C)C)c(C)[c]([Zr]([C]3=CC=CC3)=[C](C(c3ccccc3)c3ccccc3)C(c3ccccc3)c3ccccc3)c1C2. The van der Waals surface area contributed by atoms with Gasteiger partial charge in [0.15, 0.2) is 0 Å². The molecule has 0 amide bonds. The Kier molecular flexibility index (Phi) is 10.6. The van der Waals surface area contributed by atoms with Crippen LogP contribution < -0.4 is 3.27 Å². The summed E-state index contributed by atoms with van der Waals surface area (Å²) in [6.45, 7) is 19.2. The van der Waals surface area contributed by atoms with Crippen LogP contribution >= 0.6 is 0 Å². The van der Waals surface area contributed by atoms with Gasteiger partial charge in [-0.1, -0.05) is 0 Å². The molecule has 0 radical (unpaired) electrons. The third-order valence-electron chi connectivity index (χ3n) is 12.2. The van der Waals surface area contributed by atoms with E-state index in [-0.39, 0.29) is 22.7 Å². The number of aryl methyl sites for hydroxylation is 1. The molecular weight excluding hydrogens is 752 g/mol. The Morgan fingerprint density at radius 3 is 1.41 bits per heavy atom. The summed E-state index contributed by atoms with van der Waals surface area (Å²) in [4.78, 5) is 0. The average molecular weight is 808 g/mol. The van der Waals surface area contributed by atoms with Gasteiger partial charge in [-0.2, -0.15) is 0 Å².